The van der Waals surface area contributed by atoms with Crippen molar-refractivity contribution in [3.05, 3.63) is 52.3 Å². The zero-order chi connectivity index (χ0) is 19.6. The maximum absolute atomic E-state index is 15.2. The van der Waals surface area contributed by atoms with Gasteiger partial charge in [-0.2, -0.15) is 13.2 Å². The number of rotatable bonds is 3. The molecule has 1 aliphatic carbocycles. The third kappa shape index (κ3) is 2.93. The van der Waals surface area contributed by atoms with E-state index in [0.717, 1.165) is 18.9 Å². The van der Waals surface area contributed by atoms with Gasteiger partial charge in [0.1, 0.15) is 11.2 Å². The van der Waals surface area contributed by atoms with E-state index in [2.05, 4.69) is 11.9 Å². The lowest BCUT2D eigenvalue weighted by molar-refractivity contribution is -0.141. The Morgan fingerprint density at radius 1 is 1.19 bits per heavy atom. The summed E-state index contributed by atoms with van der Waals surface area (Å²) in [6, 6.07) is 6.30. The van der Waals surface area contributed by atoms with E-state index in [1.807, 2.05) is 0 Å². The highest BCUT2D eigenvalue weighted by molar-refractivity contribution is 5.83. The highest BCUT2D eigenvalue weighted by Gasteiger charge is 2.38. The predicted octanol–water partition coefficient (Wildman–Crippen LogP) is 4.36. The molecule has 1 aromatic carbocycles. The third-order valence-electron chi connectivity index (χ3n) is 5.20. The Kier molecular flexibility index (Phi) is 3.73. The summed E-state index contributed by atoms with van der Waals surface area (Å²) in [5.74, 6) is -0.751. The number of hydrogen-bond donors (Lipinski definition) is 0. The van der Waals surface area contributed by atoms with Gasteiger partial charge in [-0.15, -0.1) is 0 Å². The van der Waals surface area contributed by atoms with Crippen LogP contribution >= 0.6 is 0 Å². The predicted molar refractivity (Wildman–Crippen MR) is 92.7 cm³/mol. The minimum Gasteiger partial charge on any atom is -0.292 e. The quantitative estimate of drug-likeness (QED) is 0.635. The lowest BCUT2D eigenvalue weighted by Gasteiger charge is -2.11. The molecule has 0 saturated heterocycles. The molecule has 0 atom stereocenters. The van der Waals surface area contributed by atoms with Gasteiger partial charge in [0.2, 0.25) is 0 Å². The molecule has 0 unspecified atom stereocenters. The normalized spacial score (nSPS) is 16.1. The van der Waals surface area contributed by atoms with Gasteiger partial charge in [0.05, 0.1) is 11.2 Å². The van der Waals surface area contributed by atoms with Crippen molar-refractivity contribution < 1.29 is 17.6 Å². The Labute approximate surface area is 152 Å². The number of nitrogens with zero attached hydrogens (tertiary/aromatic N) is 3. The first-order valence-corrected chi connectivity index (χ1v) is 8.53. The number of pyridine rings is 1. The van der Waals surface area contributed by atoms with Gasteiger partial charge >= 0.3 is 11.9 Å². The summed E-state index contributed by atoms with van der Waals surface area (Å²) in [5.41, 5.74) is -1.09. The second kappa shape index (κ2) is 5.68. The summed E-state index contributed by atoms with van der Waals surface area (Å²) < 4.78 is 56.7. The van der Waals surface area contributed by atoms with Gasteiger partial charge in [-0.25, -0.2) is 14.2 Å². The van der Waals surface area contributed by atoms with E-state index in [-0.39, 0.29) is 27.9 Å². The van der Waals surface area contributed by atoms with E-state index in [9.17, 15) is 18.0 Å². The molecule has 1 fully saturated rings. The van der Waals surface area contributed by atoms with Crippen molar-refractivity contribution in [2.75, 3.05) is 0 Å². The van der Waals surface area contributed by atoms with Crippen LogP contribution in [0.2, 0.25) is 0 Å². The number of benzene rings is 1. The van der Waals surface area contributed by atoms with E-state index in [0.29, 0.717) is 12.1 Å². The molecule has 4 nitrogen and oxygen atoms in total. The summed E-state index contributed by atoms with van der Waals surface area (Å²) in [6.07, 6.45) is -2.61. The van der Waals surface area contributed by atoms with Gasteiger partial charge in [-0.3, -0.25) is 9.13 Å². The van der Waals surface area contributed by atoms with Crippen molar-refractivity contribution in [2.45, 2.75) is 32.5 Å². The lowest BCUT2D eigenvalue weighted by Crippen LogP contribution is -2.25. The highest BCUT2D eigenvalue weighted by atomic mass is 19.4. The molecule has 8 heteroatoms. The number of imidazole rings is 1. The number of halogens is 4. The van der Waals surface area contributed by atoms with Crippen molar-refractivity contribution in [3.63, 3.8) is 0 Å². The molecule has 0 amide bonds. The molecule has 27 heavy (non-hydrogen) atoms. The molecule has 2 heterocycles. The molecule has 4 rings (SSSR count). The fourth-order valence-corrected chi connectivity index (χ4v) is 3.32. The molecule has 0 spiro atoms. The number of alkyl halides is 3. The fourth-order valence-electron chi connectivity index (χ4n) is 3.32. The van der Waals surface area contributed by atoms with Crippen LogP contribution in [0.15, 0.2) is 35.1 Å². The second-order valence-corrected chi connectivity index (χ2v) is 7.44. The van der Waals surface area contributed by atoms with Crippen molar-refractivity contribution >= 4 is 11.0 Å². The van der Waals surface area contributed by atoms with E-state index in [1.54, 1.807) is 6.07 Å². The van der Waals surface area contributed by atoms with Crippen molar-refractivity contribution in [2.24, 2.45) is 12.5 Å². The first-order chi connectivity index (χ1) is 12.6. The molecule has 0 aliphatic heterocycles. The monoisotopic (exact) mass is 379 g/mol. The number of hydrogen-bond acceptors (Lipinski definition) is 2. The number of aryl methyl sites for hydroxylation is 1. The van der Waals surface area contributed by atoms with Gasteiger partial charge in [-0.1, -0.05) is 13.0 Å². The smallest absolute Gasteiger partial charge is 0.292 e. The fraction of sp³-hybridized carbons (Fsp3) is 0.368. The SMILES string of the molecule is Cn1c(=O)n(CC2(C)CC2)c2ccc(-c3cccc(C(F)(F)F)n3)c(F)c21. The Morgan fingerprint density at radius 3 is 2.52 bits per heavy atom. The minimum atomic E-state index is -4.62. The van der Waals surface area contributed by atoms with Crippen molar-refractivity contribution in [3.8, 4) is 11.3 Å². The number of aromatic nitrogens is 3. The molecule has 0 bridgehead atoms. The van der Waals surface area contributed by atoms with Gasteiger partial charge in [0.15, 0.2) is 5.82 Å². The summed E-state index contributed by atoms with van der Waals surface area (Å²) in [5, 5.41) is 0. The lowest BCUT2D eigenvalue weighted by atomic mass is 10.1. The first kappa shape index (κ1) is 17.8. The molecular weight excluding hydrogens is 362 g/mol. The molecule has 1 saturated carbocycles. The van der Waals surface area contributed by atoms with Gasteiger partial charge < -0.3 is 0 Å². The van der Waals surface area contributed by atoms with Crippen LogP contribution in [0.3, 0.4) is 0 Å². The zero-order valence-electron chi connectivity index (χ0n) is 14.8. The molecule has 142 valence electrons. The molecule has 3 aromatic rings. The molecule has 0 radical (unpaired) electrons. The second-order valence-electron chi connectivity index (χ2n) is 7.44. The van der Waals surface area contributed by atoms with Crippen LogP contribution in [-0.2, 0) is 19.8 Å². The van der Waals surface area contributed by atoms with E-state index in [1.165, 1.54) is 34.4 Å². The van der Waals surface area contributed by atoms with Crippen LogP contribution in [0, 0.1) is 11.2 Å². The standard InChI is InChI=1S/C19H17F4N3O/c1-18(8-9-18)10-26-13-7-6-11(15(20)16(13)25(2)17(26)27)12-4-3-5-14(24-12)19(21,22)23/h3-7H,8-10H2,1-2H3. The van der Waals surface area contributed by atoms with Crippen LogP contribution in [0.4, 0.5) is 17.6 Å². The summed E-state index contributed by atoms with van der Waals surface area (Å²) in [7, 11) is 1.46. The third-order valence-corrected chi connectivity index (χ3v) is 5.20. The molecule has 1 aliphatic rings. The topological polar surface area (TPSA) is 39.8 Å². The Balaban J connectivity index is 1.89. The van der Waals surface area contributed by atoms with Crippen molar-refractivity contribution in [1.29, 1.82) is 0 Å². The largest absolute Gasteiger partial charge is 0.433 e. The Bertz CT molecular complexity index is 1110. The maximum atomic E-state index is 15.2. The van der Waals surface area contributed by atoms with Gasteiger partial charge in [0.25, 0.3) is 0 Å². The molecule has 0 N–H and O–H groups in total. The Hall–Kier alpha value is -2.64. The Morgan fingerprint density at radius 2 is 1.89 bits per heavy atom. The molecule has 2 aromatic heterocycles. The maximum Gasteiger partial charge on any atom is 0.433 e. The van der Waals surface area contributed by atoms with Crippen LogP contribution in [0.1, 0.15) is 25.5 Å². The van der Waals surface area contributed by atoms with E-state index >= 15 is 4.39 Å². The zero-order valence-corrected chi connectivity index (χ0v) is 14.8. The van der Waals surface area contributed by atoms with E-state index < -0.39 is 17.7 Å². The van der Waals surface area contributed by atoms with Crippen LogP contribution in [-0.4, -0.2) is 14.1 Å². The number of fused-ring (bicyclic) bond motifs is 1. The highest BCUT2D eigenvalue weighted by Crippen LogP contribution is 2.46. The summed E-state index contributed by atoms with van der Waals surface area (Å²) in [4.78, 5) is 16.1. The van der Waals surface area contributed by atoms with Crippen LogP contribution in [0.25, 0.3) is 22.3 Å². The molecular formula is C19H17F4N3O. The van der Waals surface area contributed by atoms with E-state index in [4.69, 9.17) is 0 Å². The van der Waals surface area contributed by atoms with Gasteiger partial charge in [0, 0.05) is 19.2 Å². The first-order valence-electron chi connectivity index (χ1n) is 8.53. The van der Waals surface area contributed by atoms with Gasteiger partial charge in [-0.05, 0) is 42.5 Å². The summed E-state index contributed by atoms with van der Waals surface area (Å²) >= 11 is 0. The van der Waals surface area contributed by atoms with Crippen molar-refractivity contribution in [1.82, 2.24) is 14.1 Å². The van der Waals surface area contributed by atoms with Crippen LogP contribution in [0.5, 0.6) is 0 Å². The minimum absolute atomic E-state index is 0.0376. The average molecular weight is 379 g/mol. The van der Waals surface area contributed by atoms with Crippen LogP contribution < -0.4 is 5.69 Å². The summed E-state index contributed by atoms with van der Waals surface area (Å²) in [6.45, 7) is 2.55. The average Bonchev–Trinajstić information content (AvgIpc) is 3.29.